The van der Waals surface area contributed by atoms with Crippen molar-refractivity contribution in [1.29, 1.82) is 0 Å². The van der Waals surface area contributed by atoms with E-state index in [9.17, 15) is 0 Å². The molecule has 0 radical (unpaired) electrons. The predicted octanol–water partition coefficient (Wildman–Crippen LogP) is 15.1. The van der Waals surface area contributed by atoms with Crippen LogP contribution in [0, 0.1) is 0 Å². The van der Waals surface area contributed by atoms with Gasteiger partial charge in [-0.15, -0.1) is 11.3 Å². The Labute approximate surface area is 310 Å². The fourth-order valence-electron chi connectivity index (χ4n) is 8.06. The van der Waals surface area contributed by atoms with Gasteiger partial charge in [0.2, 0.25) is 0 Å². The molecule has 0 fully saturated rings. The summed E-state index contributed by atoms with van der Waals surface area (Å²) in [6, 6.07) is 67.9. The third kappa shape index (κ3) is 4.86. The summed E-state index contributed by atoms with van der Waals surface area (Å²) in [5, 5.41) is 9.87. The summed E-state index contributed by atoms with van der Waals surface area (Å²) in [4.78, 5) is 2.42. The van der Waals surface area contributed by atoms with Crippen LogP contribution in [0.5, 0.6) is 0 Å². The van der Waals surface area contributed by atoms with E-state index in [0.717, 1.165) is 55.6 Å². The molecule has 0 aliphatic rings. The van der Waals surface area contributed by atoms with Gasteiger partial charge in [-0.05, 0) is 80.7 Å². The van der Waals surface area contributed by atoms with E-state index in [1.54, 1.807) is 0 Å². The molecular formula is C50H31NOS. The third-order valence-electron chi connectivity index (χ3n) is 10.6. The lowest BCUT2D eigenvalue weighted by Gasteiger charge is -2.26. The molecule has 248 valence electrons. The molecule has 0 aliphatic carbocycles. The molecule has 0 bridgehead atoms. The molecule has 3 heteroatoms. The highest BCUT2D eigenvalue weighted by Crippen LogP contribution is 2.47. The Morgan fingerprint density at radius 2 is 1.06 bits per heavy atom. The van der Waals surface area contributed by atoms with Gasteiger partial charge in [-0.3, -0.25) is 0 Å². The normalized spacial score (nSPS) is 11.8. The smallest absolute Gasteiger partial charge is 0.143 e. The quantitative estimate of drug-likeness (QED) is 0.178. The highest BCUT2D eigenvalue weighted by molar-refractivity contribution is 7.27. The van der Waals surface area contributed by atoms with Gasteiger partial charge in [0.25, 0.3) is 0 Å². The van der Waals surface area contributed by atoms with E-state index in [1.165, 1.54) is 47.4 Å². The molecule has 2 aromatic heterocycles. The lowest BCUT2D eigenvalue weighted by Crippen LogP contribution is -2.10. The van der Waals surface area contributed by atoms with Gasteiger partial charge < -0.3 is 9.32 Å². The zero-order chi connectivity index (χ0) is 34.9. The maximum Gasteiger partial charge on any atom is 0.143 e. The number of hydrogen-bond acceptors (Lipinski definition) is 3. The Balaban J connectivity index is 1.05. The van der Waals surface area contributed by atoms with E-state index < -0.39 is 0 Å². The van der Waals surface area contributed by atoms with Crippen LogP contribution in [-0.4, -0.2) is 0 Å². The van der Waals surface area contributed by atoms with Gasteiger partial charge in [-0.1, -0.05) is 146 Å². The number of furan rings is 1. The van der Waals surface area contributed by atoms with Crippen molar-refractivity contribution in [3.63, 3.8) is 0 Å². The molecule has 11 aromatic rings. The van der Waals surface area contributed by atoms with E-state index in [4.69, 9.17) is 4.42 Å². The molecule has 0 N–H and O–H groups in total. The average molecular weight is 694 g/mol. The second-order valence-corrected chi connectivity index (χ2v) is 14.7. The summed E-state index contributed by atoms with van der Waals surface area (Å²) < 4.78 is 9.09. The summed E-state index contributed by atoms with van der Waals surface area (Å²) in [5.74, 6) is 0. The number of fused-ring (bicyclic) bond motifs is 9. The molecule has 0 saturated carbocycles. The topological polar surface area (TPSA) is 16.4 Å². The Kier molecular flexibility index (Phi) is 6.76. The predicted molar refractivity (Wildman–Crippen MR) is 227 cm³/mol. The summed E-state index contributed by atoms with van der Waals surface area (Å²) in [6.07, 6.45) is 0. The van der Waals surface area contributed by atoms with Crippen LogP contribution < -0.4 is 4.90 Å². The minimum absolute atomic E-state index is 0.899. The van der Waals surface area contributed by atoms with E-state index in [1.807, 2.05) is 17.4 Å². The van der Waals surface area contributed by atoms with Crippen LogP contribution in [0.1, 0.15) is 0 Å². The van der Waals surface area contributed by atoms with E-state index in [2.05, 4.69) is 187 Å². The molecule has 0 saturated heterocycles. The fourth-order valence-corrected chi connectivity index (χ4v) is 9.40. The first-order chi connectivity index (χ1) is 26.3. The standard InChI is InChI=1S/C50H31NOS/c1-2-11-34(12-3-1)40-16-8-17-42-45-31-37(24-29-47(45)52-48(40)42)33-20-25-38(26-21-33)51(39-27-22-32-10-4-5-14-36(32)30-39)46-19-9-18-43-44-28-23-35-13-6-7-15-41(35)49(44)53-50(43)46/h1-31H. The molecule has 2 nitrogen and oxygen atoms in total. The van der Waals surface area contributed by atoms with Crippen molar-refractivity contribution in [3.8, 4) is 22.3 Å². The van der Waals surface area contributed by atoms with Crippen LogP contribution in [0.3, 0.4) is 0 Å². The van der Waals surface area contributed by atoms with Crippen molar-refractivity contribution >= 4 is 92.1 Å². The fraction of sp³-hybridized carbons (Fsp3) is 0. The molecule has 0 amide bonds. The van der Waals surface area contributed by atoms with Crippen LogP contribution in [-0.2, 0) is 0 Å². The minimum Gasteiger partial charge on any atom is -0.455 e. The largest absolute Gasteiger partial charge is 0.455 e. The van der Waals surface area contributed by atoms with Crippen molar-refractivity contribution in [2.75, 3.05) is 4.90 Å². The Hall–Kier alpha value is -6.68. The zero-order valence-electron chi connectivity index (χ0n) is 28.7. The molecule has 9 aromatic carbocycles. The van der Waals surface area contributed by atoms with E-state index in [0.29, 0.717) is 0 Å². The number of thiophene rings is 1. The van der Waals surface area contributed by atoms with Crippen LogP contribution in [0.4, 0.5) is 17.1 Å². The van der Waals surface area contributed by atoms with Gasteiger partial charge in [-0.2, -0.15) is 0 Å². The molecule has 0 unspecified atom stereocenters. The summed E-state index contributed by atoms with van der Waals surface area (Å²) >= 11 is 1.89. The molecular weight excluding hydrogens is 663 g/mol. The van der Waals surface area contributed by atoms with Crippen LogP contribution in [0.15, 0.2) is 192 Å². The number of hydrogen-bond donors (Lipinski definition) is 0. The van der Waals surface area contributed by atoms with Gasteiger partial charge in [0.05, 0.1) is 10.4 Å². The average Bonchev–Trinajstić information content (AvgIpc) is 3.81. The van der Waals surface area contributed by atoms with Crippen LogP contribution in [0.2, 0.25) is 0 Å². The van der Waals surface area contributed by atoms with Gasteiger partial charge in [0.15, 0.2) is 0 Å². The van der Waals surface area contributed by atoms with Crippen molar-refractivity contribution in [1.82, 2.24) is 0 Å². The second kappa shape index (κ2) is 11.9. The lowest BCUT2D eigenvalue weighted by atomic mass is 10.00. The van der Waals surface area contributed by atoms with Gasteiger partial charge in [0.1, 0.15) is 11.2 Å². The number of rotatable bonds is 5. The number of para-hydroxylation sites is 1. The molecule has 11 rings (SSSR count). The molecule has 0 aliphatic heterocycles. The van der Waals surface area contributed by atoms with Gasteiger partial charge in [0, 0.05) is 43.2 Å². The summed E-state index contributed by atoms with van der Waals surface area (Å²) in [6.45, 7) is 0. The van der Waals surface area contributed by atoms with Crippen molar-refractivity contribution in [2.24, 2.45) is 0 Å². The highest BCUT2D eigenvalue weighted by Gasteiger charge is 2.20. The molecule has 2 heterocycles. The monoisotopic (exact) mass is 693 g/mol. The van der Waals surface area contributed by atoms with E-state index >= 15 is 0 Å². The Morgan fingerprint density at radius 3 is 1.94 bits per heavy atom. The lowest BCUT2D eigenvalue weighted by molar-refractivity contribution is 0.670. The van der Waals surface area contributed by atoms with Gasteiger partial charge >= 0.3 is 0 Å². The summed E-state index contributed by atoms with van der Waals surface area (Å²) in [5.41, 5.74) is 9.83. The number of anilines is 3. The Morgan fingerprint density at radius 1 is 0.377 bits per heavy atom. The Bertz CT molecular complexity index is 3170. The van der Waals surface area contributed by atoms with Gasteiger partial charge in [-0.25, -0.2) is 0 Å². The minimum atomic E-state index is 0.899. The zero-order valence-corrected chi connectivity index (χ0v) is 29.5. The first-order valence-corrected chi connectivity index (χ1v) is 18.8. The van der Waals surface area contributed by atoms with Crippen molar-refractivity contribution < 1.29 is 4.42 Å². The van der Waals surface area contributed by atoms with Crippen LogP contribution in [0.25, 0.3) is 85.9 Å². The van der Waals surface area contributed by atoms with Crippen molar-refractivity contribution in [2.45, 2.75) is 0 Å². The SMILES string of the molecule is c1ccc(-c2cccc3c2oc2ccc(-c4ccc(N(c5ccc6ccccc6c5)c5cccc6c5sc5c7ccccc7ccc65)cc4)cc23)cc1. The number of benzene rings is 9. The molecule has 53 heavy (non-hydrogen) atoms. The van der Waals surface area contributed by atoms with E-state index in [-0.39, 0.29) is 0 Å². The first-order valence-electron chi connectivity index (χ1n) is 18.0. The van der Waals surface area contributed by atoms with Crippen molar-refractivity contribution in [3.05, 3.63) is 188 Å². The second-order valence-electron chi connectivity index (χ2n) is 13.7. The third-order valence-corrected chi connectivity index (χ3v) is 11.9. The highest BCUT2D eigenvalue weighted by atomic mass is 32.1. The summed E-state index contributed by atoms with van der Waals surface area (Å²) in [7, 11) is 0. The van der Waals surface area contributed by atoms with Crippen LogP contribution >= 0.6 is 11.3 Å². The number of nitrogens with zero attached hydrogens (tertiary/aromatic N) is 1. The maximum absolute atomic E-state index is 6.48. The molecule has 0 atom stereocenters. The first kappa shape index (κ1) is 30.0. The maximum atomic E-state index is 6.48. The molecule has 0 spiro atoms.